The summed E-state index contributed by atoms with van der Waals surface area (Å²) in [6.45, 7) is 3.81. The quantitative estimate of drug-likeness (QED) is 0.456. The van der Waals surface area contributed by atoms with Crippen LogP contribution in [0.15, 0.2) is 58.4 Å². The van der Waals surface area contributed by atoms with Gasteiger partial charge in [-0.05, 0) is 48.7 Å². The van der Waals surface area contributed by atoms with Crippen molar-refractivity contribution in [1.82, 2.24) is 18.7 Å². The molecule has 0 saturated heterocycles. The van der Waals surface area contributed by atoms with Crippen LogP contribution >= 0.6 is 0 Å². The molecule has 0 aliphatic carbocycles. The monoisotopic (exact) mass is 442 g/mol. The Morgan fingerprint density at radius 2 is 1.62 bits per heavy atom. The Kier molecular flexibility index (Phi) is 5.73. The predicted molar refractivity (Wildman–Crippen MR) is 114 cm³/mol. The predicted octanol–water partition coefficient (Wildman–Crippen LogP) is 3.86. The third kappa shape index (κ3) is 3.86. The summed E-state index contributed by atoms with van der Waals surface area (Å²) >= 11 is 0. The Hall–Kier alpha value is -3.62. The van der Waals surface area contributed by atoms with Crippen LogP contribution in [0.2, 0.25) is 0 Å². The van der Waals surface area contributed by atoms with Crippen molar-refractivity contribution < 1.29 is 13.2 Å². The SMILES string of the molecule is CC(C)CCn1c(=O)c2c(ncn2Cc2c(F)cccc2F)n(-c2ccc(F)cc2)c1=O. The lowest BCUT2D eigenvalue weighted by molar-refractivity contribution is 0.491. The van der Waals surface area contributed by atoms with Crippen LogP contribution in [-0.4, -0.2) is 18.7 Å². The first-order chi connectivity index (χ1) is 15.3. The van der Waals surface area contributed by atoms with Gasteiger partial charge in [-0.1, -0.05) is 19.9 Å². The molecule has 6 nitrogen and oxygen atoms in total. The molecule has 0 radical (unpaired) electrons. The van der Waals surface area contributed by atoms with Crippen LogP contribution in [0, 0.1) is 23.4 Å². The number of nitrogens with zero attached hydrogens (tertiary/aromatic N) is 4. The van der Waals surface area contributed by atoms with E-state index in [0.29, 0.717) is 12.1 Å². The summed E-state index contributed by atoms with van der Waals surface area (Å²) in [6, 6.07) is 8.73. The third-order valence-electron chi connectivity index (χ3n) is 5.31. The van der Waals surface area contributed by atoms with Crippen molar-refractivity contribution in [3.8, 4) is 5.69 Å². The van der Waals surface area contributed by atoms with Gasteiger partial charge in [-0.25, -0.2) is 27.5 Å². The van der Waals surface area contributed by atoms with Gasteiger partial charge in [0, 0.05) is 12.1 Å². The smallest absolute Gasteiger partial charge is 0.320 e. The zero-order valence-corrected chi connectivity index (χ0v) is 17.6. The van der Waals surface area contributed by atoms with Crippen molar-refractivity contribution in [3.63, 3.8) is 0 Å². The molecule has 0 fully saturated rings. The van der Waals surface area contributed by atoms with E-state index in [0.717, 1.165) is 16.7 Å². The molecule has 0 saturated carbocycles. The highest BCUT2D eigenvalue weighted by atomic mass is 19.1. The lowest BCUT2D eigenvalue weighted by atomic mass is 10.1. The molecule has 4 rings (SSSR count). The molecule has 0 aliphatic rings. The van der Waals surface area contributed by atoms with Crippen molar-refractivity contribution >= 4 is 11.2 Å². The maximum absolute atomic E-state index is 14.2. The summed E-state index contributed by atoms with van der Waals surface area (Å²) in [5.41, 5.74) is -1.05. The molecule has 0 atom stereocenters. The molecule has 0 unspecified atom stereocenters. The van der Waals surface area contributed by atoms with Crippen molar-refractivity contribution in [2.45, 2.75) is 33.4 Å². The molecule has 0 bridgehead atoms. The molecule has 0 N–H and O–H groups in total. The highest BCUT2D eigenvalue weighted by molar-refractivity contribution is 5.72. The van der Waals surface area contributed by atoms with Gasteiger partial charge >= 0.3 is 5.69 Å². The van der Waals surface area contributed by atoms with E-state index in [1.54, 1.807) is 0 Å². The van der Waals surface area contributed by atoms with E-state index in [1.165, 1.54) is 45.8 Å². The molecule has 9 heteroatoms. The molecular formula is C23H21F3N4O2. The van der Waals surface area contributed by atoms with E-state index in [2.05, 4.69) is 4.98 Å². The van der Waals surface area contributed by atoms with Gasteiger partial charge < -0.3 is 4.57 Å². The second-order valence-electron chi connectivity index (χ2n) is 7.98. The minimum absolute atomic E-state index is 0.0281. The van der Waals surface area contributed by atoms with E-state index in [4.69, 9.17) is 0 Å². The molecule has 0 amide bonds. The van der Waals surface area contributed by atoms with Crippen LogP contribution in [0.4, 0.5) is 13.2 Å². The minimum Gasteiger partial charge on any atom is -0.320 e. The number of halogens is 3. The Labute approximate surface area is 181 Å². The van der Waals surface area contributed by atoms with E-state index in [1.807, 2.05) is 13.8 Å². The van der Waals surface area contributed by atoms with Crippen LogP contribution in [0.1, 0.15) is 25.8 Å². The van der Waals surface area contributed by atoms with E-state index in [-0.39, 0.29) is 35.7 Å². The van der Waals surface area contributed by atoms with Crippen molar-refractivity contribution in [2.75, 3.05) is 0 Å². The molecule has 0 spiro atoms. The van der Waals surface area contributed by atoms with Gasteiger partial charge in [-0.3, -0.25) is 9.36 Å². The zero-order valence-electron chi connectivity index (χ0n) is 17.6. The second-order valence-corrected chi connectivity index (χ2v) is 7.98. The maximum Gasteiger partial charge on any atom is 0.337 e. The fourth-order valence-electron chi connectivity index (χ4n) is 3.56. The van der Waals surface area contributed by atoms with Gasteiger partial charge in [0.15, 0.2) is 11.2 Å². The van der Waals surface area contributed by atoms with Gasteiger partial charge in [0.2, 0.25) is 0 Å². The Bertz CT molecular complexity index is 1380. The van der Waals surface area contributed by atoms with Crippen LogP contribution < -0.4 is 11.2 Å². The lowest BCUT2D eigenvalue weighted by Gasteiger charge is -2.14. The van der Waals surface area contributed by atoms with Crippen LogP contribution in [0.3, 0.4) is 0 Å². The van der Waals surface area contributed by atoms with E-state index < -0.39 is 28.7 Å². The van der Waals surface area contributed by atoms with E-state index >= 15 is 0 Å². The van der Waals surface area contributed by atoms with Gasteiger partial charge in [0.1, 0.15) is 17.5 Å². The maximum atomic E-state index is 14.2. The number of hydrogen-bond donors (Lipinski definition) is 0. The van der Waals surface area contributed by atoms with Gasteiger partial charge in [-0.2, -0.15) is 0 Å². The first-order valence-electron chi connectivity index (χ1n) is 10.2. The largest absolute Gasteiger partial charge is 0.337 e. The molecule has 32 heavy (non-hydrogen) atoms. The molecule has 4 aromatic rings. The number of fused-ring (bicyclic) bond motifs is 1. The Morgan fingerprint density at radius 1 is 0.969 bits per heavy atom. The number of aromatic nitrogens is 4. The first-order valence-corrected chi connectivity index (χ1v) is 10.2. The van der Waals surface area contributed by atoms with Crippen LogP contribution in [0.5, 0.6) is 0 Å². The highest BCUT2D eigenvalue weighted by Gasteiger charge is 2.21. The lowest BCUT2D eigenvalue weighted by Crippen LogP contribution is -2.40. The van der Waals surface area contributed by atoms with E-state index in [9.17, 15) is 22.8 Å². The van der Waals surface area contributed by atoms with Crippen LogP contribution in [0.25, 0.3) is 16.9 Å². The van der Waals surface area contributed by atoms with Crippen molar-refractivity contribution in [3.05, 3.63) is 92.6 Å². The minimum atomic E-state index is -0.751. The summed E-state index contributed by atoms with van der Waals surface area (Å²) in [5, 5.41) is 0. The summed E-state index contributed by atoms with van der Waals surface area (Å²) < 4.78 is 45.5. The van der Waals surface area contributed by atoms with Gasteiger partial charge in [-0.15, -0.1) is 0 Å². The van der Waals surface area contributed by atoms with Crippen molar-refractivity contribution in [1.29, 1.82) is 0 Å². The summed E-state index contributed by atoms with van der Waals surface area (Å²) in [7, 11) is 0. The number of hydrogen-bond acceptors (Lipinski definition) is 3. The summed E-state index contributed by atoms with van der Waals surface area (Å²) in [4.78, 5) is 30.7. The molecule has 2 aromatic carbocycles. The average molecular weight is 442 g/mol. The van der Waals surface area contributed by atoms with Gasteiger partial charge in [0.25, 0.3) is 5.56 Å². The van der Waals surface area contributed by atoms with Gasteiger partial charge in [0.05, 0.1) is 18.6 Å². The number of benzene rings is 2. The fourth-order valence-corrected chi connectivity index (χ4v) is 3.56. The Balaban J connectivity index is 1.98. The standard InChI is InChI=1S/C23H21F3N4O2/c1-14(2)10-11-29-22(31)20-21(30(23(29)32)16-8-6-15(24)7-9-16)27-13-28(20)12-17-18(25)4-3-5-19(17)26/h3-9,13-14H,10-12H2,1-2H3. The Morgan fingerprint density at radius 3 is 2.25 bits per heavy atom. The van der Waals surface area contributed by atoms with Crippen LogP contribution in [-0.2, 0) is 13.1 Å². The topological polar surface area (TPSA) is 61.8 Å². The molecule has 2 aromatic heterocycles. The average Bonchev–Trinajstić information content (AvgIpc) is 3.15. The highest BCUT2D eigenvalue weighted by Crippen LogP contribution is 2.18. The van der Waals surface area contributed by atoms with Crippen molar-refractivity contribution in [2.24, 2.45) is 5.92 Å². The second kappa shape index (κ2) is 8.49. The number of rotatable bonds is 6. The number of imidazole rings is 1. The third-order valence-corrected chi connectivity index (χ3v) is 5.31. The molecule has 0 aliphatic heterocycles. The zero-order chi connectivity index (χ0) is 23.0. The normalized spacial score (nSPS) is 11.6. The molecule has 166 valence electrons. The molecule has 2 heterocycles. The molecular weight excluding hydrogens is 421 g/mol. The fraction of sp³-hybridized carbons (Fsp3) is 0.261. The first kappa shape index (κ1) is 21.6. The summed E-state index contributed by atoms with van der Waals surface area (Å²) in [6.07, 6.45) is 1.84. The summed E-state index contributed by atoms with van der Waals surface area (Å²) in [5.74, 6) is -1.75.